The van der Waals surface area contributed by atoms with Crippen molar-refractivity contribution in [3.63, 3.8) is 0 Å². The molecule has 1 atom stereocenters. The van der Waals surface area contributed by atoms with E-state index in [-0.39, 0.29) is 0 Å². The van der Waals surface area contributed by atoms with Gasteiger partial charge >= 0.3 is 0 Å². The molecule has 0 aromatic heterocycles. The van der Waals surface area contributed by atoms with Gasteiger partial charge in [0.25, 0.3) is 0 Å². The van der Waals surface area contributed by atoms with Crippen LogP contribution in [0, 0.1) is 5.92 Å². The predicted molar refractivity (Wildman–Crippen MR) is 61.9 cm³/mol. The van der Waals surface area contributed by atoms with Gasteiger partial charge in [0.1, 0.15) is 0 Å². The molecule has 1 saturated heterocycles. The van der Waals surface area contributed by atoms with Gasteiger partial charge in [0, 0.05) is 47.3 Å². The summed E-state index contributed by atoms with van der Waals surface area (Å²) >= 11 is 3.53. The minimum atomic E-state index is -0.533. The van der Waals surface area contributed by atoms with E-state index < -0.39 is 10.8 Å². The van der Waals surface area contributed by atoms with Gasteiger partial charge in [-0.2, -0.15) is 0 Å². The first-order valence-electron chi connectivity index (χ1n) is 4.89. The monoisotopic (exact) mass is 267 g/mol. The molecule has 0 aromatic carbocycles. The largest absolute Gasteiger partial charge is 0.301 e. The van der Waals surface area contributed by atoms with E-state index in [1.54, 1.807) is 0 Å². The highest BCUT2D eigenvalue weighted by Gasteiger charge is 2.17. The van der Waals surface area contributed by atoms with E-state index in [1.807, 2.05) is 0 Å². The minimum absolute atomic E-state index is 0.533. The maximum Gasteiger partial charge on any atom is 0.0363 e. The molecule has 0 bridgehead atoms. The number of hydrogen-bond acceptors (Lipinski definition) is 2. The quantitative estimate of drug-likeness (QED) is 0.720. The van der Waals surface area contributed by atoms with Crippen LogP contribution in [-0.4, -0.2) is 45.6 Å². The van der Waals surface area contributed by atoms with Crippen molar-refractivity contribution in [1.82, 2.24) is 4.90 Å². The Morgan fingerprint density at radius 1 is 1.46 bits per heavy atom. The lowest BCUT2D eigenvalue weighted by Crippen LogP contribution is -2.40. The van der Waals surface area contributed by atoms with Crippen LogP contribution in [0.4, 0.5) is 0 Å². The van der Waals surface area contributed by atoms with E-state index in [0.29, 0.717) is 0 Å². The van der Waals surface area contributed by atoms with Gasteiger partial charge in [-0.3, -0.25) is 4.21 Å². The van der Waals surface area contributed by atoms with Crippen LogP contribution >= 0.6 is 15.9 Å². The zero-order valence-electron chi connectivity index (χ0n) is 8.17. The standard InChI is InChI=1S/C9H18BrNOS/c1-2-9(7-10)8-11-3-5-13(12)6-4-11/h9H,2-8H2,1H3. The number of hydrogen-bond donors (Lipinski definition) is 0. The van der Waals surface area contributed by atoms with Crippen molar-refractivity contribution >= 4 is 26.7 Å². The highest BCUT2D eigenvalue weighted by molar-refractivity contribution is 9.09. The van der Waals surface area contributed by atoms with Gasteiger partial charge in [-0.05, 0) is 5.92 Å². The molecule has 0 aromatic rings. The Morgan fingerprint density at radius 2 is 2.08 bits per heavy atom. The van der Waals surface area contributed by atoms with E-state index in [0.717, 1.165) is 35.8 Å². The number of nitrogens with zero attached hydrogens (tertiary/aromatic N) is 1. The topological polar surface area (TPSA) is 20.3 Å². The lowest BCUT2D eigenvalue weighted by molar-refractivity contribution is 0.257. The second-order valence-corrected chi connectivity index (χ2v) is 5.92. The summed E-state index contributed by atoms with van der Waals surface area (Å²) < 4.78 is 11.1. The zero-order chi connectivity index (χ0) is 9.68. The van der Waals surface area contributed by atoms with Gasteiger partial charge in [-0.25, -0.2) is 0 Å². The summed E-state index contributed by atoms with van der Waals surface area (Å²) in [5.41, 5.74) is 0. The molecule has 0 radical (unpaired) electrons. The molecule has 1 heterocycles. The van der Waals surface area contributed by atoms with Crippen LogP contribution in [0.2, 0.25) is 0 Å². The van der Waals surface area contributed by atoms with Crippen molar-refractivity contribution in [1.29, 1.82) is 0 Å². The number of halogens is 1. The van der Waals surface area contributed by atoms with Crippen molar-refractivity contribution in [2.75, 3.05) is 36.5 Å². The third-order valence-electron chi connectivity index (χ3n) is 2.58. The maximum absolute atomic E-state index is 11.1. The summed E-state index contributed by atoms with van der Waals surface area (Å²) in [6, 6.07) is 0. The summed E-state index contributed by atoms with van der Waals surface area (Å²) in [6.45, 7) is 5.44. The van der Waals surface area contributed by atoms with Gasteiger partial charge in [-0.15, -0.1) is 0 Å². The van der Waals surface area contributed by atoms with Crippen LogP contribution in [0.25, 0.3) is 0 Å². The van der Waals surface area contributed by atoms with Crippen LogP contribution in [0.5, 0.6) is 0 Å². The van der Waals surface area contributed by atoms with Gasteiger partial charge < -0.3 is 4.90 Å². The molecule has 1 aliphatic heterocycles. The van der Waals surface area contributed by atoms with E-state index in [1.165, 1.54) is 13.0 Å². The first-order chi connectivity index (χ1) is 6.26. The van der Waals surface area contributed by atoms with E-state index in [2.05, 4.69) is 27.8 Å². The van der Waals surface area contributed by atoms with Crippen molar-refractivity contribution in [3.8, 4) is 0 Å². The molecular formula is C9H18BrNOS. The van der Waals surface area contributed by atoms with Gasteiger partial charge in [0.05, 0.1) is 0 Å². The van der Waals surface area contributed by atoms with Crippen LogP contribution in [0.3, 0.4) is 0 Å². The lowest BCUT2D eigenvalue weighted by Gasteiger charge is -2.28. The molecular weight excluding hydrogens is 250 g/mol. The molecule has 4 heteroatoms. The van der Waals surface area contributed by atoms with E-state index in [4.69, 9.17) is 0 Å². The molecule has 0 spiro atoms. The van der Waals surface area contributed by atoms with E-state index in [9.17, 15) is 4.21 Å². The Hall–Kier alpha value is 0.590. The second kappa shape index (κ2) is 6.14. The first kappa shape index (κ1) is 11.7. The Kier molecular flexibility index (Phi) is 5.51. The number of alkyl halides is 1. The average Bonchev–Trinajstić information content (AvgIpc) is 2.17. The summed E-state index contributed by atoms with van der Waals surface area (Å²) in [7, 11) is -0.533. The molecule has 1 aliphatic rings. The summed E-state index contributed by atoms with van der Waals surface area (Å²) in [6.07, 6.45) is 1.23. The average molecular weight is 268 g/mol. The molecule has 0 aliphatic carbocycles. The van der Waals surface area contributed by atoms with Crippen molar-refractivity contribution in [2.24, 2.45) is 5.92 Å². The lowest BCUT2D eigenvalue weighted by atomic mass is 10.1. The van der Waals surface area contributed by atoms with E-state index >= 15 is 0 Å². The molecule has 0 saturated carbocycles. The fourth-order valence-corrected chi connectivity index (χ4v) is 3.30. The fourth-order valence-electron chi connectivity index (χ4n) is 1.51. The summed E-state index contributed by atoms with van der Waals surface area (Å²) in [5, 5.41) is 1.09. The minimum Gasteiger partial charge on any atom is -0.301 e. The van der Waals surface area contributed by atoms with Crippen LogP contribution in [-0.2, 0) is 10.8 Å². The SMILES string of the molecule is CCC(CBr)CN1CCS(=O)CC1. The molecule has 78 valence electrons. The van der Waals surface area contributed by atoms with Gasteiger partial charge in [-0.1, -0.05) is 29.3 Å². The van der Waals surface area contributed by atoms with Crippen LogP contribution in [0.15, 0.2) is 0 Å². The Bertz CT molecular complexity index is 163. The maximum atomic E-state index is 11.1. The van der Waals surface area contributed by atoms with Crippen LogP contribution < -0.4 is 0 Å². The van der Waals surface area contributed by atoms with Gasteiger partial charge in [0.15, 0.2) is 0 Å². The highest BCUT2D eigenvalue weighted by Crippen LogP contribution is 2.10. The Labute approximate surface area is 91.7 Å². The van der Waals surface area contributed by atoms with Gasteiger partial charge in [0.2, 0.25) is 0 Å². The molecule has 1 fully saturated rings. The van der Waals surface area contributed by atoms with Crippen molar-refractivity contribution in [3.05, 3.63) is 0 Å². The van der Waals surface area contributed by atoms with Crippen molar-refractivity contribution < 1.29 is 4.21 Å². The first-order valence-corrected chi connectivity index (χ1v) is 7.50. The highest BCUT2D eigenvalue weighted by atomic mass is 79.9. The molecule has 2 nitrogen and oxygen atoms in total. The molecule has 1 unspecified atom stereocenters. The number of rotatable bonds is 4. The predicted octanol–water partition coefficient (Wildman–Crippen LogP) is 1.47. The summed E-state index contributed by atoms with van der Waals surface area (Å²) in [5.74, 6) is 2.50. The fraction of sp³-hybridized carbons (Fsp3) is 1.00. The Morgan fingerprint density at radius 3 is 2.54 bits per heavy atom. The van der Waals surface area contributed by atoms with Crippen molar-refractivity contribution in [2.45, 2.75) is 13.3 Å². The normalized spacial score (nSPS) is 23.2. The third-order valence-corrected chi connectivity index (χ3v) is 4.77. The zero-order valence-corrected chi connectivity index (χ0v) is 10.6. The molecule has 0 N–H and O–H groups in total. The smallest absolute Gasteiger partial charge is 0.0363 e. The summed E-state index contributed by atoms with van der Waals surface area (Å²) in [4.78, 5) is 2.44. The molecule has 13 heavy (non-hydrogen) atoms. The molecule has 1 rings (SSSR count). The Balaban J connectivity index is 2.24. The van der Waals surface area contributed by atoms with Crippen LogP contribution in [0.1, 0.15) is 13.3 Å². The third kappa shape index (κ3) is 4.09. The molecule has 0 amide bonds. The second-order valence-electron chi connectivity index (χ2n) is 3.58.